The second kappa shape index (κ2) is 10.6. The summed E-state index contributed by atoms with van der Waals surface area (Å²) in [5.41, 5.74) is 3.98. The summed E-state index contributed by atoms with van der Waals surface area (Å²) in [5.74, 6) is 0.648. The summed E-state index contributed by atoms with van der Waals surface area (Å²) in [4.78, 5) is 20.9. The zero-order valence-electron chi connectivity index (χ0n) is 18.8. The van der Waals surface area contributed by atoms with Crippen LogP contribution in [0.25, 0.3) is 10.9 Å². The molecule has 0 saturated carbocycles. The Kier molecular flexibility index (Phi) is 7.19. The second-order valence-corrected chi connectivity index (χ2v) is 9.62. The van der Waals surface area contributed by atoms with Crippen molar-refractivity contribution in [2.45, 2.75) is 23.9 Å². The van der Waals surface area contributed by atoms with Crippen molar-refractivity contribution in [3.63, 3.8) is 0 Å². The molecule has 1 aliphatic rings. The molecule has 174 valence electrons. The summed E-state index contributed by atoms with van der Waals surface area (Å²) in [6, 6.07) is 24.0. The third-order valence-corrected chi connectivity index (χ3v) is 7.45. The van der Waals surface area contributed by atoms with Gasteiger partial charge in [0.05, 0.1) is 24.1 Å². The van der Waals surface area contributed by atoms with Crippen molar-refractivity contribution in [1.82, 2.24) is 9.55 Å². The number of thioether (sulfide) groups is 1. The van der Waals surface area contributed by atoms with Crippen molar-refractivity contribution >= 4 is 40.0 Å². The van der Waals surface area contributed by atoms with Crippen LogP contribution < -0.4 is 10.5 Å². The van der Waals surface area contributed by atoms with Crippen LogP contribution >= 0.6 is 23.4 Å². The van der Waals surface area contributed by atoms with Gasteiger partial charge in [-0.05, 0) is 41.8 Å². The van der Waals surface area contributed by atoms with E-state index in [2.05, 4.69) is 23.1 Å². The van der Waals surface area contributed by atoms with Crippen LogP contribution in [0.3, 0.4) is 0 Å². The van der Waals surface area contributed by atoms with E-state index in [1.807, 2.05) is 59.2 Å². The van der Waals surface area contributed by atoms with E-state index < -0.39 is 0 Å². The maximum atomic E-state index is 13.7. The predicted molar refractivity (Wildman–Crippen MR) is 140 cm³/mol. The van der Waals surface area contributed by atoms with Gasteiger partial charge in [0.25, 0.3) is 5.56 Å². The van der Waals surface area contributed by atoms with Gasteiger partial charge in [-0.15, -0.1) is 0 Å². The van der Waals surface area contributed by atoms with E-state index in [0.717, 1.165) is 41.3 Å². The Morgan fingerprint density at radius 3 is 2.53 bits per heavy atom. The van der Waals surface area contributed by atoms with Crippen LogP contribution in [0.15, 0.2) is 82.7 Å². The number of aromatic nitrogens is 2. The lowest BCUT2D eigenvalue weighted by molar-refractivity contribution is 0.122. The molecule has 1 saturated heterocycles. The molecule has 1 aliphatic heterocycles. The molecule has 7 heteroatoms. The molecule has 4 aromatic rings. The highest BCUT2D eigenvalue weighted by atomic mass is 35.5. The van der Waals surface area contributed by atoms with Crippen LogP contribution in [-0.2, 0) is 23.5 Å². The van der Waals surface area contributed by atoms with Crippen molar-refractivity contribution in [2.75, 3.05) is 31.2 Å². The highest BCUT2D eigenvalue weighted by molar-refractivity contribution is 7.98. The number of hydrogen-bond acceptors (Lipinski definition) is 5. The fraction of sp³-hybridized carbons (Fsp3) is 0.259. The normalized spacial score (nSPS) is 14.0. The number of fused-ring (bicyclic) bond motifs is 1. The average molecular weight is 492 g/mol. The van der Waals surface area contributed by atoms with E-state index in [9.17, 15) is 4.79 Å². The topological polar surface area (TPSA) is 47.4 Å². The average Bonchev–Trinajstić information content (AvgIpc) is 2.89. The minimum absolute atomic E-state index is 0.00213. The monoisotopic (exact) mass is 491 g/mol. The summed E-state index contributed by atoms with van der Waals surface area (Å²) in [5, 5.41) is 2.09. The van der Waals surface area contributed by atoms with E-state index in [1.165, 1.54) is 5.56 Å². The van der Waals surface area contributed by atoms with Crippen LogP contribution in [0.1, 0.15) is 11.1 Å². The van der Waals surface area contributed by atoms with Crippen molar-refractivity contribution < 1.29 is 4.74 Å². The molecule has 0 atom stereocenters. The third kappa shape index (κ3) is 5.14. The fourth-order valence-corrected chi connectivity index (χ4v) is 5.47. The van der Waals surface area contributed by atoms with Gasteiger partial charge in [0.2, 0.25) is 0 Å². The first-order valence-electron chi connectivity index (χ1n) is 11.5. The van der Waals surface area contributed by atoms with E-state index in [4.69, 9.17) is 21.3 Å². The maximum Gasteiger partial charge on any atom is 0.262 e. The van der Waals surface area contributed by atoms with Crippen molar-refractivity contribution in [1.29, 1.82) is 0 Å². The number of benzene rings is 3. The SMILES string of the molecule is O=c1c2cc(N3CCOCC3)ccc2nc(SCc2ccccc2Cl)n1CCc1ccccc1. The number of ether oxygens (including phenoxy) is 1. The maximum absolute atomic E-state index is 13.7. The number of anilines is 1. The van der Waals surface area contributed by atoms with E-state index in [1.54, 1.807) is 11.8 Å². The third-order valence-electron chi connectivity index (χ3n) is 6.06. The van der Waals surface area contributed by atoms with Gasteiger partial charge in [0, 0.05) is 36.1 Å². The number of morpholine rings is 1. The summed E-state index contributed by atoms with van der Waals surface area (Å²) >= 11 is 7.92. The van der Waals surface area contributed by atoms with Gasteiger partial charge in [-0.3, -0.25) is 9.36 Å². The lowest BCUT2D eigenvalue weighted by Crippen LogP contribution is -2.36. The summed E-state index contributed by atoms with van der Waals surface area (Å²) in [6.07, 6.45) is 0.761. The number of nitrogens with zero attached hydrogens (tertiary/aromatic N) is 3. The smallest absolute Gasteiger partial charge is 0.262 e. The van der Waals surface area contributed by atoms with Crippen LogP contribution in [-0.4, -0.2) is 35.9 Å². The summed E-state index contributed by atoms with van der Waals surface area (Å²) in [6.45, 7) is 3.63. The molecule has 0 radical (unpaired) electrons. The summed E-state index contributed by atoms with van der Waals surface area (Å²) in [7, 11) is 0. The minimum atomic E-state index is -0.00213. The molecule has 0 N–H and O–H groups in total. The molecule has 2 heterocycles. The lowest BCUT2D eigenvalue weighted by Gasteiger charge is -2.29. The zero-order valence-corrected chi connectivity index (χ0v) is 20.4. The largest absolute Gasteiger partial charge is 0.378 e. The first-order chi connectivity index (χ1) is 16.7. The number of halogens is 1. The van der Waals surface area contributed by atoms with E-state index in [-0.39, 0.29) is 5.56 Å². The van der Waals surface area contributed by atoms with Gasteiger partial charge in [0.15, 0.2) is 5.16 Å². The first-order valence-corrected chi connectivity index (χ1v) is 12.8. The Labute approximate surface area is 208 Å². The molecule has 0 amide bonds. The molecule has 0 spiro atoms. The zero-order chi connectivity index (χ0) is 23.3. The molecule has 1 fully saturated rings. The predicted octanol–water partition coefficient (Wildman–Crippen LogP) is 5.42. The molecule has 0 bridgehead atoms. The van der Waals surface area contributed by atoms with Crippen LogP contribution in [0.4, 0.5) is 5.69 Å². The van der Waals surface area contributed by atoms with Gasteiger partial charge >= 0.3 is 0 Å². The fourth-order valence-electron chi connectivity index (χ4n) is 4.16. The Hall–Kier alpha value is -2.80. The molecular formula is C27H26ClN3O2S. The van der Waals surface area contributed by atoms with Crippen LogP contribution in [0.2, 0.25) is 5.02 Å². The highest BCUT2D eigenvalue weighted by Crippen LogP contribution is 2.27. The number of hydrogen-bond donors (Lipinski definition) is 0. The summed E-state index contributed by atoms with van der Waals surface area (Å²) < 4.78 is 7.30. The molecule has 1 aromatic heterocycles. The minimum Gasteiger partial charge on any atom is -0.378 e. The highest BCUT2D eigenvalue weighted by Gasteiger charge is 2.16. The number of aryl methyl sites for hydroxylation is 1. The molecule has 5 rings (SSSR count). The second-order valence-electron chi connectivity index (χ2n) is 8.27. The van der Waals surface area contributed by atoms with Gasteiger partial charge in [-0.25, -0.2) is 4.98 Å². The van der Waals surface area contributed by atoms with Crippen molar-refractivity contribution in [3.05, 3.63) is 99.3 Å². The van der Waals surface area contributed by atoms with Crippen LogP contribution in [0.5, 0.6) is 0 Å². The van der Waals surface area contributed by atoms with E-state index >= 15 is 0 Å². The van der Waals surface area contributed by atoms with Crippen molar-refractivity contribution in [3.8, 4) is 0 Å². The van der Waals surface area contributed by atoms with E-state index in [0.29, 0.717) is 36.1 Å². The lowest BCUT2D eigenvalue weighted by atomic mass is 10.1. The Morgan fingerprint density at radius 2 is 1.74 bits per heavy atom. The first kappa shape index (κ1) is 23.0. The molecule has 0 aliphatic carbocycles. The molecule has 0 unspecified atom stereocenters. The standard InChI is InChI=1S/C27H26ClN3O2S/c28-24-9-5-4-8-21(24)19-34-27-29-25-11-10-22(30-14-16-33-17-15-30)18-23(25)26(32)31(27)13-12-20-6-2-1-3-7-20/h1-11,18H,12-17,19H2. The van der Waals surface area contributed by atoms with Gasteiger partial charge in [-0.2, -0.15) is 0 Å². The quantitative estimate of drug-likeness (QED) is 0.255. The Morgan fingerprint density at radius 1 is 0.971 bits per heavy atom. The molecular weight excluding hydrogens is 466 g/mol. The van der Waals surface area contributed by atoms with Crippen molar-refractivity contribution in [2.24, 2.45) is 0 Å². The van der Waals surface area contributed by atoms with Crippen LogP contribution in [0, 0.1) is 0 Å². The van der Waals surface area contributed by atoms with Gasteiger partial charge < -0.3 is 9.64 Å². The Bertz CT molecular complexity index is 1340. The van der Waals surface area contributed by atoms with Gasteiger partial charge in [-0.1, -0.05) is 71.9 Å². The molecule has 3 aromatic carbocycles. The van der Waals surface area contributed by atoms with Gasteiger partial charge in [0.1, 0.15) is 0 Å². The molecule has 34 heavy (non-hydrogen) atoms. The molecule has 5 nitrogen and oxygen atoms in total. The number of rotatable bonds is 7. The Balaban J connectivity index is 1.51.